The molecule has 0 aromatic heterocycles. The number of amides is 2. The van der Waals surface area contributed by atoms with Crippen LogP contribution in [0.1, 0.15) is 30.9 Å². The Morgan fingerprint density at radius 1 is 1.19 bits per heavy atom. The van der Waals surface area contributed by atoms with Crippen molar-refractivity contribution in [2.45, 2.75) is 26.4 Å². The van der Waals surface area contributed by atoms with Gasteiger partial charge in [0.15, 0.2) is 0 Å². The van der Waals surface area contributed by atoms with E-state index in [1.807, 2.05) is 6.92 Å². The van der Waals surface area contributed by atoms with E-state index in [0.717, 1.165) is 30.2 Å². The van der Waals surface area contributed by atoms with Crippen LogP contribution in [0.3, 0.4) is 0 Å². The number of thioether (sulfide) groups is 1. The minimum Gasteiger partial charge on any atom is -0.487 e. The molecular weight excluding hydrogens is 552 g/mol. The molecule has 0 bridgehead atoms. The van der Waals surface area contributed by atoms with Gasteiger partial charge in [-0.05, 0) is 79.4 Å². The van der Waals surface area contributed by atoms with Crippen LogP contribution in [-0.2, 0) is 11.4 Å². The highest BCUT2D eigenvalue weighted by Gasteiger charge is 2.34. The second kappa shape index (κ2) is 10.4. The summed E-state index contributed by atoms with van der Waals surface area (Å²) in [4.78, 5) is 36.8. The van der Waals surface area contributed by atoms with Gasteiger partial charge >= 0.3 is 0 Å². The molecule has 0 saturated carbocycles. The quantitative estimate of drug-likeness (QED) is 0.204. The summed E-state index contributed by atoms with van der Waals surface area (Å²) < 4.78 is 7.13. The lowest BCUT2D eigenvalue weighted by Gasteiger charge is -2.12. The van der Waals surface area contributed by atoms with Crippen molar-refractivity contribution in [3.05, 3.63) is 71.5 Å². The lowest BCUT2D eigenvalue weighted by atomic mass is 10.2. The molecule has 2 aromatic carbocycles. The van der Waals surface area contributed by atoms with Crippen molar-refractivity contribution in [3.63, 3.8) is 0 Å². The molecule has 7 nitrogen and oxygen atoms in total. The molecule has 1 aliphatic rings. The number of unbranched alkanes of at least 4 members (excludes halogenated alkanes) is 1. The molecule has 1 aliphatic heterocycles. The molecule has 162 valence electrons. The van der Waals surface area contributed by atoms with Crippen molar-refractivity contribution < 1.29 is 19.2 Å². The van der Waals surface area contributed by atoms with Gasteiger partial charge in [-0.2, -0.15) is 0 Å². The number of hydrogen-bond acceptors (Lipinski definition) is 6. The number of rotatable bonds is 8. The number of non-ortho nitro benzene ring substituents is 1. The van der Waals surface area contributed by atoms with Crippen LogP contribution in [-0.4, -0.2) is 27.5 Å². The van der Waals surface area contributed by atoms with Gasteiger partial charge in [0.2, 0.25) is 0 Å². The first-order chi connectivity index (χ1) is 14.8. The van der Waals surface area contributed by atoms with E-state index in [-0.39, 0.29) is 23.4 Å². The smallest absolute Gasteiger partial charge is 0.293 e. The molecule has 0 aliphatic carbocycles. The van der Waals surface area contributed by atoms with Crippen molar-refractivity contribution in [2.24, 2.45) is 0 Å². The number of nitro benzene ring substituents is 1. The van der Waals surface area contributed by atoms with Crippen molar-refractivity contribution >= 4 is 66.5 Å². The normalized spacial score (nSPS) is 15.1. The van der Waals surface area contributed by atoms with Gasteiger partial charge < -0.3 is 4.74 Å². The van der Waals surface area contributed by atoms with E-state index in [0.29, 0.717) is 31.7 Å². The summed E-state index contributed by atoms with van der Waals surface area (Å²) >= 11 is 7.88. The number of hydrogen-bond donors (Lipinski definition) is 0. The lowest BCUT2D eigenvalue weighted by Crippen LogP contribution is -2.29. The van der Waals surface area contributed by atoms with Gasteiger partial charge in [-0.25, -0.2) is 0 Å². The van der Waals surface area contributed by atoms with Crippen LogP contribution in [0.2, 0.25) is 0 Å². The van der Waals surface area contributed by atoms with Gasteiger partial charge in [-0.3, -0.25) is 24.6 Å². The third-order valence-electron chi connectivity index (χ3n) is 4.43. The van der Waals surface area contributed by atoms with Crippen LogP contribution in [0.25, 0.3) is 6.08 Å². The van der Waals surface area contributed by atoms with E-state index < -0.39 is 4.92 Å². The SMILES string of the molecule is CCCCN1C(=O)S/C(=C\c2cc(Br)c(OCc3cccc([N+](=O)[O-])c3)c(Br)c2)C1=O. The molecule has 0 radical (unpaired) electrons. The topological polar surface area (TPSA) is 89.8 Å². The maximum Gasteiger partial charge on any atom is 0.293 e. The fraction of sp³-hybridized carbons (Fsp3) is 0.238. The summed E-state index contributed by atoms with van der Waals surface area (Å²) in [6.07, 6.45) is 3.36. The molecule has 0 spiro atoms. The Labute approximate surface area is 200 Å². The summed E-state index contributed by atoms with van der Waals surface area (Å²) in [6.45, 7) is 2.58. The molecule has 3 rings (SSSR count). The zero-order chi connectivity index (χ0) is 22.5. The number of imide groups is 1. The Balaban J connectivity index is 1.76. The number of carbonyl (C=O) groups is 2. The van der Waals surface area contributed by atoms with Gasteiger partial charge in [0.05, 0.1) is 18.8 Å². The predicted molar refractivity (Wildman–Crippen MR) is 127 cm³/mol. The third-order valence-corrected chi connectivity index (χ3v) is 6.52. The van der Waals surface area contributed by atoms with Crippen LogP contribution in [0.4, 0.5) is 10.5 Å². The monoisotopic (exact) mass is 568 g/mol. The fourth-order valence-electron chi connectivity index (χ4n) is 2.88. The van der Waals surface area contributed by atoms with Gasteiger partial charge in [0.25, 0.3) is 16.8 Å². The summed E-state index contributed by atoms with van der Waals surface area (Å²) in [6, 6.07) is 9.81. The van der Waals surface area contributed by atoms with Crippen molar-refractivity contribution in [3.8, 4) is 5.75 Å². The largest absolute Gasteiger partial charge is 0.487 e. The number of nitrogens with zero attached hydrogens (tertiary/aromatic N) is 2. The highest BCUT2D eigenvalue weighted by atomic mass is 79.9. The molecule has 0 atom stereocenters. The summed E-state index contributed by atoms with van der Waals surface area (Å²) in [5, 5.41) is 10.7. The van der Waals surface area contributed by atoms with Gasteiger partial charge in [-0.1, -0.05) is 25.5 Å². The molecule has 0 N–H and O–H groups in total. The van der Waals surface area contributed by atoms with Crippen molar-refractivity contribution in [1.29, 1.82) is 0 Å². The van der Waals surface area contributed by atoms with Crippen LogP contribution in [0.15, 0.2) is 50.2 Å². The van der Waals surface area contributed by atoms with E-state index in [9.17, 15) is 19.7 Å². The number of benzene rings is 2. The van der Waals surface area contributed by atoms with Crippen LogP contribution in [0.5, 0.6) is 5.75 Å². The maximum absolute atomic E-state index is 12.5. The average molecular weight is 570 g/mol. The van der Waals surface area contributed by atoms with Crippen LogP contribution < -0.4 is 4.74 Å². The number of carbonyl (C=O) groups excluding carboxylic acids is 2. The van der Waals surface area contributed by atoms with Gasteiger partial charge in [0.1, 0.15) is 12.4 Å². The van der Waals surface area contributed by atoms with Gasteiger partial charge in [0, 0.05) is 18.7 Å². The molecule has 1 heterocycles. The average Bonchev–Trinajstić information content (AvgIpc) is 2.98. The number of halogens is 2. The van der Waals surface area contributed by atoms with Crippen molar-refractivity contribution in [2.75, 3.05) is 6.54 Å². The second-order valence-electron chi connectivity index (χ2n) is 6.72. The minimum atomic E-state index is -0.450. The summed E-state index contributed by atoms with van der Waals surface area (Å²) in [5.74, 6) is 0.251. The number of nitro groups is 1. The maximum atomic E-state index is 12.5. The fourth-order valence-corrected chi connectivity index (χ4v) is 5.19. The summed E-state index contributed by atoms with van der Waals surface area (Å²) in [5.41, 5.74) is 1.39. The van der Waals surface area contributed by atoms with E-state index >= 15 is 0 Å². The first kappa shape index (κ1) is 23.5. The van der Waals surface area contributed by atoms with Gasteiger partial charge in [-0.15, -0.1) is 0 Å². The number of ether oxygens (including phenoxy) is 1. The highest BCUT2D eigenvalue weighted by Crippen LogP contribution is 2.38. The van der Waals surface area contributed by atoms with E-state index in [2.05, 4.69) is 31.9 Å². The molecule has 1 fully saturated rings. The highest BCUT2D eigenvalue weighted by molar-refractivity contribution is 9.11. The standard InChI is InChI=1S/C21H18Br2N2O5S/c1-2-3-7-24-20(26)18(31-21(24)27)11-14-9-16(22)19(17(23)10-14)30-12-13-5-4-6-15(8-13)25(28)29/h4-6,8-11H,2-3,7,12H2,1H3/b18-11-. The molecular formula is C21H18Br2N2O5S. The zero-order valence-corrected chi connectivity index (χ0v) is 20.5. The van der Waals surface area contributed by atoms with Crippen LogP contribution in [0, 0.1) is 10.1 Å². The van der Waals surface area contributed by atoms with Crippen molar-refractivity contribution in [1.82, 2.24) is 4.90 Å². The Bertz CT molecular complexity index is 1050. The van der Waals surface area contributed by atoms with E-state index in [1.165, 1.54) is 17.0 Å². The molecule has 2 amide bonds. The Hall–Kier alpha value is -2.17. The first-order valence-electron chi connectivity index (χ1n) is 9.40. The zero-order valence-electron chi connectivity index (χ0n) is 16.5. The first-order valence-corrected chi connectivity index (χ1v) is 11.8. The Morgan fingerprint density at radius 3 is 2.55 bits per heavy atom. The molecule has 1 saturated heterocycles. The molecule has 0 unspecified atom stereocenters. The summed E-state index contributed by atoms with van der Waals surface area (Å²) in [7, 11) is 0. The Morgan fingerprint density at radius 2 is 1.90 bits per heavy atom. The molecule has 10 heteroatoms. The second-order valence-corrected chi connectivity index (χ2v) is 9.42. The third kappa shape index (κ3) is 5.75. The molecule has 31 heavy (non-hydrogen) atoms. The molecule has 2 aromatic rings. The Kier molecular flexibility index (Phi) is 7.90. The van der Waals surface area contributed by atoms with E-state index in [4.69, 9.17) is 4.74 Å². The lowest BCUT2D eigenvalue weighted by molar-refractivity contribution is -0.384. The predicted octanol–water partition coefficient (Wildman–Crippen LogP) is 6.54. The minimum absolute atomic E-state index is 0.00228. The van der Waals surface area contributed by atoms with Crippen LogP contribution >= 0.6 is 43.6 Å². The van der Waals surface area contributed by atoms with E-state index in [1.54, 1.807) is 30.3 Å².